The van der Waals surface area contributed by atoms with Crippen molar-refractivity contribution in [2.45, 2.75) is 20.3 Å². The minimum absolute atomic E-state index is 0.0155. The first-order valence-electron chi connectivity index (χ1n) is 6.18. The van der Waals surface area contributed by atoms with Gasteiger partial charge >= 0.3 is 5.97 Å². The number of amides is 1. The molecular formula is C14H16ClNO4. The monoisotopic (exact) mass is 297 g/mol. The summed E-state index contributed by atoms with van der Waals surface area (Å²) in [5.41, 5.74) is 0.338. The highest BCUT2D eigenvalue weighted by Crippen LogP contribution is 2.52. The standard InChI is InChI=1S/C14H16ClNO4/c1-14(2)6-8(14)12(17)16-10-5-11(20-3)7(13(18)19)4-9(10)15/h4-5,8H,6H2,1-3H3,(H,16,17)(H,18,19). The lowest BCUT2D eigenvalue weighted by Crippen LogP contribution is -2.17. The molecule has 0 aromatic heterocycles. The van der Waals surface area contributed by atoms with E-state index in [1.54, 1.807) is 0 Å². The Kier molecular flexibility index (Phi) is 3.65. The molecule has 108 valence electrons. The molecule has 0 radical (unpaired) electrons. The SMILES string of the molecule is COc1cc(NC(=O)C2CC2(C)C)c(Cl)cc1C(=O)O. The van der Waals surface area contributed by atoms with E-state index >= 15 is 0 Å². The summed E-state index contributed by atoms with van der Waals surface area (Å²) in [6.45, 7) is 4.04. The van der Waals surface area contributed by atoms with Crippen molar-refractivity contribution in [2.75, 3.05) is 12.4 Å². The maximum atomic E-state index is 12.0. The van der Waals surface area contributed by atoms with Crippen LogP contribution < -0.4 is 10.1 Å². The van der Waals surface area contributed by atoms with Crippen molar-refractivity contribution in [1.82, 2.24) is 0 Å². The number of nitrogens with one attached hydrogen (secondary N) is 1. The van der Waals surface area contributed by atoms with Gasteiger partial charge in [-0.05, 0) is 17.9 Å². The number of benzene rings is 1. The third-order valence-corrected chi connectivity index (χ3v) is 3.92. The summed E-state index contributed by atoms with van der Waals surface area (Å²) in [4.78, 5) is 23.1. The normalized spacial score (nSPS) is 19.3. The van der Waals surface area contributed by atoms with Crippen LogP contribution in [-0.4, -0.2) is 24.1 Å². The van der Waals surface area contributed by atoms with E-state index < -0.39 is 5.97 Å². The average Bonchev–Trinajstić information content (AvgIpc) is 3.00. The lowest BCUT2D eigenvalue weighted by atomic mass is 10.1. The molecule has 1 unspecified atom stereocenters. The molecule has 0 saturated heterocycles. The summed E-state index contributed by atoms with van der Waals surface area (Å²) >= 11 is 6.01. The van der Waals surface area contributed by atoms with Gasteiger partial charge in [0.25, 0.3) is 0 Å². The van der Waals surface area contributed by atoms with Crippen LogP contribution in [0, 0.1) is 11.3 Å². The number of hydrogen-bond donors (Lipinski definition) is 2. The van der Waals surface area contributed by atoms with Crippen LogP contribution in [0.25, 0.3) is 0 Å². The van der Waals surface area contributed by atoms with E-state index in [0.717, 1.165) is 6.42 Å². The van der Waals surface area contributed by atoms with Gasteiger partial charge in [0.05, 0.1) is 17.8 Å². The minimum Gasteiger partial charge on any atom is -0.496 e. The maximum absolute atomic E-state index is 12.0. The van der Waals surface area contributed by atoms with Gasteiger partial charge < -0.3 is 15.2 Å². The van der Waals surface area contributed by atoms with Crippen molar-refractivity contribution in [3.05, 3.63) is 22.7 Å². The van der Waals surface area contributed by atoms with Crippen LogP contribution in [0.3, 0.4) is 0 Å². The highest BCUT2D eigenvalue weighted by molar-refractivity contribution is 6.34. The highest BCUT2D eigenvalue weighted by Gasteiger charge is 2.50. The first kappa shape index (κ1) is 14.7. The molecule has 0 aliphatic heterocycles. The van der Waals surface area contributed by atoms with E-state index in [0.29, 0.717) is 5.69 Å². The summed E-state index contributed by atoms with van der Waals surface area (Å²) in [6, 6.07) is 2.70. The van der Waals surface area contributed by atoms with Crippen molar-refractivity contribution in [3.63, 3.8) is 0 Å². The number of rotatable bonds is 4. The number of hydrogen-bond acceptors (Lipinski definition) is 3. The number of carboxylic acids is 1. The van der Waals surface area contributed by atoms with Crippen LogP contribution in [0.2, 0.25) is 5.02 Å². The number of methoxy groups -OCH3 is 1. The second-order valence-corrected chi connectivity index (χ2v) is 5.98. The summed E-state index contributed by atoms with van der Waals surface area (Å²) < 4.78 is 5.01. The zero-order valence-electron chi connectivity index (χ0n) is 11.5. The van der Waals surface area contributed by atoms with Gasteiger partial charge in [0.1, 0.15) is 11.3 Å². The van der Waals surface area contributed by atoms with E-state index in [2.05, 4.69) is 5.32 Å². The molecule has 0 spiro atoms. The Balaban J connectivity index is 2.24. The van der Waals surface area contributed by atoms with Crippen LogP contribution in [0.5, 0.6) is 5.75 Å². The molecule has 1 fully saturated rings. The zero-order chi connectivity index (χ0) is 15.1. The Morgan fingerprint density at radius 1 is 1.45 bits per heavy atom. The molecule has 1 amide bonds. The van der Waals surface area contributed by atoms with Gasteiger partial charge in [-0.2, -0.15) is 0 Å². The molecule has 2 N–H and O–H groups in total. The van der Waals surface area contributed by atoms with E-state index in [9.17, 15) is 9.59 Å². The van der Waals surface area contributed by atoms with Gasteiger partial charge in [0.2, 0.25) is 5.91 Å². The lowest BCUT2D eigenvalue weighted by Gasteiger charge is -2.12. The van der Waals surface area contributed by atoms with Crippen molar-refractivity contribution >= 4 is 29.2 Å². The van der Waals surface area contributed by atoms with Crippen molar-refractivity contribution in [2.24, 2.45) is 11.3 Å². The number of carbonyl (C=O) groups excluding carboxylic acids is 1. The Hall–Kier alpha value is -1.75. The number of aromatic carboxylic acids is 1. The molecule has 1 aliphatic carbocycles. The van der Waals surface area contributed by atoms with Crippen LogP contribution in [-0.2, 0) is 4.79 Å². The summed E-state index contributed by atoms with van der Waals surface area (Å²) in [5.74, 6) is -1.12. The van der Waals surface area contributed by atoms with Crippen molar-refractivity contribution in [3.8, 4) is 5.75 Å². The molecule has 6 heteroatoms. The topological polar surface area (TPSA) is 75.6 Å². The first-order chi connectivity index (χ1) is 9.26. The molecule has 0 bridgehead atoms. The van der Waals surface area contributed by atoms with Crippen molar-refractivity contribution in [1.29, 1.82) is 0 Å². The van der Waals surface area contributed by atoms with Gasteiger partial charge in [-0.3, -0.25) is 4.79 Å². The first-order valence-corrected chi connectivity index (χ1v) is 6.56. The predicted molar refractivity (Wildman–Crippen MR) is 75.5 cm³/mol. The Bertz CT molecular complexity index is 583. The second kappa shape index (κ2) is 4.98. The zero-order valence-corrected chi connectivity index (χ0v) is 12.2. The third kappa shape index (κ3) is 2.72. The molecule has 5 nitrogen and oxygen atoms in total. The van der Waals surface area contributed by atoms with E-state index in [1.165, 1.54) is 19.2 Å². The number of anilines is 1. The molecule has 1 atom stereocenters. The van der Waals surface area contributed by atoms with Gasteiger partial charge in [-0.1, -0.05) is 25.4 Å². The van der Waals surface area contributed by atoms with Crippen LogP contribution in [0.1, 0.15) is 30.6 Å². The number of halogens is 1. The van der Waals surface area contributed by atoms with Gasteiger partial charge in [0, 0.05) is 12.0 Å². The van der Waals surface area contributed by atoms with Gasteiger partial charge in [-0.15, -0.1) is 0 Å². The molecule has 20 heavy (non-hydrogen) atoms. The molecule has 2 rings (SSSR count). The van der Waals surface area contributed by atoms with E-state index in [4.69, 9.17) is 21.4 Å². The Morgan fingerprint density at radius 2 is 2.05 bits per heavy atom. The van der Waals surface area contributed by atoms with Crippen LogP contribution in [0.15, 0.2) is 12.1 Å². The molecule has 1 aromatic rings. The van der Waals surface area contributed by atoms with E-state index in [-0.39, 0.29) is 33.6 Å². The molecule has 1 aromatic carbocycles. The Morgan fingerprint density at radius 3 is 2.50 bits per heavy atom. The Labute approximate surface area is 121 Å². The van der Waals surface area contributed by atoms with Crippen LogP contribution in [0.4, 0.5) is 5.69 Å². The fourth-order valence-electron chi connectivity index (χ4n) is 2.12. The van der Waals surface area contributed by atoms with Gasteiger partial charge in [-0.25, -0.2) is 4.79 Å². The third-order valence-electron chi connectivity index (χ3n) is 3.61. The predicted octanol–water partition coefficient (Wildman–Crippen LogP) is 3.03. The number of carbonyl (C=O) groups is 2. The van der Waals surface area contributed by atoms with Gasteiger partial charge in [0.15, 0.2) is 0 Å². The fourth-order valence-corrected chi connectivity index (χ4v) is 2.33. The largest absolute Gasteiger partial charge is 0.496 e. The molecule has 1 saturated carbocycles. The molecule has 1 aliphatic rings. The summed E-state index contributed by atoms with van der Waals surface area (Å²) in [5, 5.41) is 11.9. The summed E-state index contributed by atoms with van der Waals surface area (Å²) in [7, 11) is 1.37. The highest BCUT2D eigenvalue weighted by atomic mass is 35.5. The number of ether oxygens (including phenoxy) is 1. The molecular weight excluding hydrogens is 282 g/mol. The average molecular weight is 298 g/mol. The van der Waals surface area contributed by atoms with E-state index in [1.807, 2.05) is 13.8 Å². The van der Waals surface area contributed by atoms with Crippen LogP contribution >= 0.6 is 11.6 Å². The smallest absolute Gasteiger partial charge is 0.339 e. The molecule has 0 heterocycles. The fraction of sp³-hybridized carbons (Fsp3) is 0.429. The summed E-state index contributed by atoms with van der Waals surface area (Å²) in [6.07, 6.45) is 0.834. The maximum Gasteiger partial charge on any atom is 0.339 e. The quantitative estimate of drug-likeness (QED) is 0.895. The van der Waals surface area contributed by atoms with Crippen molar-refractivity contribution < 1.29 is 19.4 Å². The minimum atomic E-state index is -1.13. The number of carboxylic acid groups (broad SMARTS) is 1. The second-order valence-electron chi connectivity index (χ2n) is 5.57. The lowest BCUT2D eigenvalue weighted by molar-refractivity contribution is -0.118.